The molecule has 1 heterocycles. The number of aromatic nitrogens is 1. The van der Waals surface area contributed by atoms with Crippen molar-refractivity contribution >= 4 is 22.4 Å². The Hall–Kier alpha value is -1.88. The summed E-state index contributed by atoms with van der Waals surface area (Å²) in [7, 11) is 1.35. The van der Waals surface area contributed by atoms with Crippen LogP contribution in [0.4, 0.5) is 5.13 Å². The lowest BCUT2D eigenvalue weighted by Crippen LogP contribution is -2.03. The van der Waals surface area contributed by atoms with E-state index in [1.807, 2.05) is 0 Å². The second-order valence-electron chi connectivity index (χ2n) is 4.05. The molecule has 1 aromatic heterocycles. The Labute approximate surface area is 116 Å². The van der Waals surface area contributed by atoms with E-state index >= 15 is 0 Å². The average molecular weight is 276 g/mol. The molecule has 4 nitrogen and oxygen atoms in total. The zero-order valence-electron chi connectivity index (χ0n) is 11.0. The summed E-state index contributed by atoms with van der Waals surface area (Å²) in [5, 5.41) is 5.61. The summed E-state index contributed by atoms with van der Waals surface area (Å²) in [6, 6.07) is 8.44. The Balaban J connectivity index is 1.94. The Morgan fingerprint density at radius 3 is 2.63 bits per heavy atom. The van der Waals surface area contributed by atoms with E-state index in [1.165, 1.54) is 29.6 Å². The summed E-state index contributed by atoms with van der Waals surface area (Å²) >= 11 is 1.40. The first-order valence-corrected chi connectivity index (χ1v) is 6.96. The number of nitrogens with one attached hydrogen (secondary N) is 1. The number of benzene rings is 1. The summed E-state index contributed by atoms with van der Waals surface area (Å²) in [6.45, 7) is 2.83. The maximum absolute atomic E-state index is 11.3. The predicted octanol–water partition coefficient (Wildman–Crippen LogP) is 3.10. The van der Waals surface area contributed by atoms with E-state index in [0.29, 0.717) is 12.2 Å². The molecule has 0 saturated carbocycles. The van der Waals surface area contributed by atoms with Gasteiger partial charge in [-0.15, -0.1) is 11.3 Å². The minimum Gasteiger partial charge on any atom is -0.464 e. The van der Waals surface area contributed by atoms with Crippen LogP contribution in [-0.4, -0.2) is 18.1 Å². The van der Waals surface area contributed by atoms with Crippen molar-refractivity contribution in [2.24, 2.45) is 0 Å². The zero-order chi connectivity index (χ0) is 13.7. The first-order chi connectivity index (χ1) is 9.22. The van der Waals surface area contributed by atoms with Crippen molar-refractivity contribution in [3.05, 3.63) is 46.5 Å². The SMILES string of the molecule is CCc1ccc(CNc2nc(C(=O)OC)cs2)cc1. The van der Waals surface area contributed by atoms with Crippen molar-refractivity contribution < 1.29 is 9.53 Å². The lowest BCUT2D eigenvalue weighted by molar-refractivity contribution is 0.0595. The molecule has 0 saturated heterocycles. The lowest BCUT2D eigenvalue weighted by atomic mass is 10.1. The number of hydrogen-bond donors (Lipinski definition) is 1. The number of thiazole rings is 1. The fourth-order valence-electron chi connectivity index (χ4n) is 1.62. The molecule has 0 fully saturated rings. The van der Waals surface area contributed by atoms with Crippen LogP contribution in [0.5, 0.6) is 0 Å². The van der Waals surface area contributed by atoms with Gasteiger partial charge < -0.3 is 10.1 Å². The number of nitrogens with zero attached hydrogens (tertiary/aromatic N) is 1. The third kappa shape index (κ3) is 3.54. The maximum atomic E-state index is 11.3. The van der Waals surface area contributed by atoms with E-state index in [1.54, 1.807) is 5.38 Å². The van der Waals surface area contributed by atoms with Gasteiger partial charge >= 0.3 is 5.97 Å². The molecule has 0 aliphatic heterocycles. The summed E-state index contributed by atoms with van der Waals surface area (Å²) in [4.78, 5) is 15.4. The number of carbonyl (C=O) groups excluding carboxylic acids is 1. The van der Waals surface area contributed by atoms with Gasteiger partial charge in [-0.2, -0.15) is 0 Å². The monoisotopic (exact) mass is 276 g/mol. The molecule has 0 atom stereocenters. The molecule has 0 radical (unpaired) electrons. The Kier molecular flexibility index (Phi) is 4.52. The van der Waals surface area contributed by atoms with Crippen LogP contribution in [0.2, 0.25) is 0 Å². The molecule has 0 bridgehead atoms. The summed E-state index contributed by atoms with van der Waals surface area (Å²) in [6.07, 6.45) is 1.04. The first kappa shape index (κ1) is 13.5. The average Bonchev–Trinajstić information content (AvgIpc) is 2.93. The highest BCUT2D eigenvalue weighted by Crippen LogP contribution is 2.17. The molecule has 1 N–H and O–H groups in total. The first-order valence-electron chi connectivity index (χ1n) is 6.08. The van der Waals surface area contributed by atoms with Gasteiger partial charge in [-0.1, -0.05) is 31.2 Å². The van der Waals surface area contributed by atoms with Gasteiger partial charge in [0, 0.05) is 11.9 Å². The smallest absolute Gasteiger partial charge is 0.357 e. The fraction of sp³-hybridized carbons (Fsp3) is 0.286. The van der Waals surface area contributed by atoms with Gasteiger partial charge in [0.1, 0.15) is 0 Å². The van der Waals surface area contributed by atoms with Crippen LogP contribution in [0.15, 0.2) is 29.6 Å². The number of hydrogen-bond acceptors (Lipinski definition) is 5. The minimum atomic E-state index is -0.406. The predicted molar refractivity (Wildman–Crippen MR) is 76.6 cm³/mol. The van der Waals surface area contributed by atoms with Crippen molar-refractivity contribution in [2.75, 3.05) is 12.4 Å². The van der Waals surface area contributed by atoms with E-state index in [4.69, 9.17) is 0 Å². The fourth-order valence-corrected chi connectivity index (χ4v) is 2.30. The number of methoxy groups -OCH3 is 1. The Morgan fingerprint density at radius 1 is 1.32 bits per heavy atom. The van der Waals surface area contributed by atoms with E-state index < -0.39 is 5.97 Å². The molecule has 1 aromatic carbocycles. The topological polar surface area (TPSA) is 51.2 Å². The van der Waals surface area contributed by atoms with Crippen molar-refractivity contribution in [3.8, 4) is 0 Å². The van der Waals surface area contributed by atoms with E-state index in [2.05, 4.69) is 46.2 Å². The van der Waals surface area contributed by atoms with Crippen LogP contribution in [0.3, 0.4) is 0 Å². The molecule has 0 unspecified atom stereocenters. The van der Waals surface area contributed by atoms with Crippen LogP contribution in [0.25, 0.3) is 0 Å². The third-order valence-electron chi connectivity index (χ3n) is 2.77. The standard InChI is InChI=1S/C14H16N2O2S/c1-3-10-4-6-11(7-5-10)8-15-14-16-12(9-19-14)13(17)18-2/h4-7,9H,3,8H2,1-2H3,(H,15,16). The third-order valence-corrected chi connectivity index (χ3v) is 3.57. The van der Waals surface area contributed by atoms with Crippen molar-refractivity contribution in [1.29, 1.82) is 0 Å². The highest BCUT2D eigenvalue weighted by Gasteiger charge is 2.10. The number of esters is 1. The molecular formula is C14H16N2O2S. The normalized spacial score (nSPS) is 10.2. The molecule has 0 amide bonds. The van der Waals surface area contributed by atoms with Gasteiger partial charge in [-0.3, -0.25) is 0 Å². The van der Waals surface area contributed by atoms with Gasteiger partial charge in [0.05, 0.1) is 7.11 Å². The van der Waals surface area contributed by atoms with Gasteiger partial charge in [-0.25, -0.2) is 9.78 Å². The minimum absolute atomic E-state index is 0.344. The molecule has 19 heavy (non-hydrogen) atoms. The second-order valence-corrected chi connectivity index (χ2v) is 4.91. The quantitative estimate of drug-likeness (QED) is 0.853. The Morgan fingerprint density at radius 2 is 2.00 bits per heavy atom. The number of aryl methyl sites for hydroxylation is 1. The molecule has 100 valence electrons. The molecule has 0 aliphatic carbocycles. The summed E-state index contributed by atoms with van der Waals surface area (Å²) in [5.41, 5.74) is 2.86. The number of anilines is 1. The maximum Gasteiger partial charge on any atom is 0.357 e. The molecule has 5 heteroatoms. The summed E-state index contributed by atoms with van der Waals surface area (Å²) in [5.74, 6) is -0.406. The van der Waals surface area contributed by atoms with Gasteiger partial charge in [-0.05, 0) is 17.5 Å². The largest absolute Gasteiger partial charge is 0.464 e. The molecule has 2 aromatic rings. The molecule has 0 aliphatic rings. The van der Waals surface area contributed by atoms with Gasteiger partial charge in [0.25, 0.3) is 0 Å². The van der Waals surface area contributed by atoms with Gasteiger partial charge in [0.15, 0.2) is 10.8 Å². The van der Waals surface area contributed by atoms with Crippen LogP contribution in [0, 0.1) is 0 Å². The summed E-state index contributed by atoms with van der Waals surface area (Å²) < 4.78 is 4.62. The second kappa shape index (κ2) is 6.33. The van der Waals surface area contributed by atoms with Crippen molar-refractivity contribution in [1.82, 2.24) is 4.98 Å². The molecule has 0 spiro atoms. The molecule has 2 rings (SSSR count). The van der Waals surface area contributed by atoms with Crippen LogP contribution in [-0.2, 0) is 17.7 Å². The lowest BCUT2D eigenvalue weighted by Gasteiger charge is -2.04. The number of ether oxygens (including phenoxy) is 1. The van der Waals surface area contributed by atoms with Crippen LogP contribution in [0.1, 0.15) is 28.5 Å². The van der Waals surface area contributed by atoms with Crippen LogP contribution < -0.4 is 5.32 Å². The van der Waals surface area contributed by atoms with E-state index in [-0.39, 0.29) is 0 Å². The number of rotatable bonds is 5. The van der Waals surface area contributed by atoms with Crippen molar-refractivity contribution in [2.45, 2.75) is 19.9 Å². The van der Waals surface area contributed by atoms with E-state index in [9.17, 15) is 4.79 Å². The number of carbonyl (C=O) groups is 1. The highest BCUT2D eigenvalue weighted by atomic mass is 32.1. The molecular weight excluding hydrogens is 260 g/mol. The highest BCUT2D eigenvalue weighted by molar-refractivity contribution is 7.13. The van der Waals surface area contributed by atoms with Crippen molar-refractivity contribution in [3.63, 3.8) is 0 Å². The van der Waals surface area contributed by atoms with Gasteiger partial charge in [0.2, 0.25) is 0 Å². The van der Waals surface area contributed by atoms with Crippen LogP contribution >= 0.6 is 11.3 Å². The van der Waals surface area contributed by atoms with E-state index in [0.717, 1.165) is 11.6 Å². The zero-order valence-corrected chi connectivity index (χ0v) is 11.8. The Bertz CT molecular complexity index is 549.